The molecule has 0 unspecified atom stereocenters. The van der Waals surface area contributed by atoms with Crippen LogP contribution in [0.1, 0.15) is 47.2 Å². The summed E-state index contributed by atoms with van der Waals surface area (Å²) in [6, 6.07) is 11.1. The van der Waals surface area contributed by atoms with Gasteiger partial charge >= 0.3 is 0 Å². The van der Waals surface area contributed by atoms with Gasteiger partial charge in [-0.25, -0.2) is 13.5 Å². The number of ether oxygens (including phenoxy) is 2. The van der Waals surface area contributed by atoms with Crippen molar-refractivity contribution in [3.8, 4) is 39.6 Å². The molecule has 0 saturated heterocycles. The fourth-order valence-corrected chi connectivity index (χ4v) is 4.88. The summed E-state index contributed by atoms with van der Waals surface area (Å²) >= 11 is 6.30. The third-order valence-corrected chi connectivity index (χ3v) is 7.23. The molecule has 0 saturated carbocycles. The van der Waals surface area contributed by atoms with E-state index in [4.69, 9.17) is 26.8 Å². The molecule has 5 rings (SSSR count). The minimum absolute atomic E-state index is 0.0231. The average Bonchev–Trinajstić information content (AvgIpc) is 3.30. The highest BCUT2D eigenvalue weighted by Crippen LogP contribution is 2.46. The number of hydrogen-bond donors (Lipinski definition) is 1. The molecule has 11 heteroatoms. The van der Waals surface area contributed by atoms with E-state index >= 15 is 0 Å². The monoisotopic (exact) mass is 580 g/mol. The Labute approximate surface area is 240 Å². The molecule has 3 aromatic carbocycles. The maximum atomic E-state index is 14.4. The molecule has 1 aromatic heterocycles. The Kier molecular flexibility index (Phi) is 6.98. The molecule has 1 aliphatic heterocycles. The molecule has 2 heterocycles. The van der Waals surface area contributed by atoms with E-state index in [-0.39, 0.29) is 34.5 Å². The number of primary amides is 1. The molecule has 41 heavy (non-hydrogen) atoms. The molecular formula is C30H27ClF2N4O4. The Balaban J connectivity index is 1.80. The molecule has 0 aliphatic carbocycles. The van der Waals surface area contributed by atoms with Crippen LogP contribution in [0.15, 0.2) is 48.5 Å². The highest BCUT2D eigenvalue weighted by Gasteiger charge is 2.35. The van der Waals surface area contributed by atoms with Crippen LogP contribution < -0.4 is 15.2 Å². The van der Waals surface area contributed by atoms with Crippen LogP contribution in [-0.4, -0.2) is 46.2 Å². The molecule has 0 radical (unpaired) electrons. The fraction of sp³-hybridized carbons (Fsp3) is 0.233. The Morgan fingerprint density at radius 2 is 1.73 bits per heavy atom. The number of benzene rings is 3. The molecule has 2 N–H and O–H groups in total. The van der Waals surface area contributed by atoms with Crippen LogP contribution in [0.25, 0.3) is 28.1 Å². The van der Waals surface area contributed by atoms with Gasteiger partial charge in [0.25, 0.3) is 5.91 Å². The average molecular weight is 581 g/mol. The number of nitrogens with zero attached hydrogens (tertiary/aromatic N) is 3. The standard InChI is InChI=1S/C30H27ClF2N4O4/c1-30(2,3)36(4)29(39)26-23-14-41-25-13-24(40-5)21(15-6-16(28(34)38)8-17(31)7-15)12-22(25)27(23)37(35-26)20-10-18(32)9-19(33)11-20/h6-13H,14H2,1-5H3,(H2,34,38). The van der Waals surface area contributed by atoms with E-state index in [0.717, 1.165) is 18.2 Å². The number of halogens is 3. The summed E-state index contributed by atoms with van der Waals surface area (Å²) < 4.78 is 41.8. The fourth-order valence-electron chi connectivity index (χ4n) is 4.64. The van der Waals surface area contributed by atoms with Gasteiger partial charge in [-0.1, -0.05) is 11.6 Å². The molecular weight excluding hydrogens is 554 g/mol. The van der Waals surface area contributed by atoms with Crippen molar-refractivity contribution < 1.29 is 27.8 Å². The molecule has 8 nitrogen and oxygen atoms in total. The van der Waals surface area contributed by atoms with Gasteiger partial charge in [0.05, 0.1) is 18.5 Å². The Bertz CT molecular complexity index is 1710. The first-order chi connectivity index (χ1) is 19.3. The predicted octanol–water partition coefficient (Wildman–Crippen LogP) is 6.01. The summed E-state index contributed by atoms with van der Waals surface area (Å²) in [5.41, 5.74) is 7.76. The Morgan fingerprint density at radius 3 is 2.34 bits per heavy atom. The lowest BCUT2D eigenvalue weighted by Gasteiger charge is -2.31. The summed E-state index contributed by atoms with van der Waals surface area (Å²) in [4.78, 5) is 27.1. The van der Waals surface area contributed by atoms with E-state index in [2.05, 4.69) is 5.10 Å². The third kappa shape index (κ3) is 5.11. The van der Waals surface area contributed by atoms with Crippen molar-refractivity contribution >= 4 is 23.4 Å². The summed E-state index contributed by atoms with van der Waals surface area (Å²) in [6.45, 7) is 5.62. The van der Waals surface area contributed by atoms with Crippen molar-refractivity contribution in [2.75, 3.05) is 14.2 Å². The number of rotatable bonds is 5. The number of fused-ring (bicyclic) bond motifs is 3. The summed E-state index contributed by atoms with van der Waals surface area (Å²) in [5.74, 6) is -1.83. The summed E-state index contributed by atoms with van der Waals surface area (Å²) in [7, 11) is 3.14. The number of carbonyl (C=O) groups excluding carboxylic acids is 2. The van der Waals surface area contributed by atoms with Gasteiger partial charge in [0, 0.05) is 52.0 Å². The number of hydrogen-bond acceptors (Lipinski definition) is 5. The van der Waals surface area contributed by atoms with Crippen LogP contribution in [0.4, 0.5) is 8.78 Å². The van der Waals surface area contributed by atoms with Gasteiger partial charge in [-0.3, -0.25) is 9.59 Å². The molecule has 1 aliphatic rings. The number of methoxy groups -OCH3 is 1. The molecule has 2 amide bonds. The van der Waals surface area contributed by atoms with E-state index in [1.165, 1.54) is 17.9 Å². The molecule has 0 bridgehead atoms. The molecule has 212 valence electrons. The Morgan fingerprint density at radius 1 is 1.05 bits per heavy atom. The smallest absolute Gasteiger partial charge is 0.274 e. The van der Waals surface area contributed by atoms with Crippen molar-refractivity contribution in [1.29, 1.82) is 0 Å². The second-order valence-corrected chi connectivity index (χ2v) is 11.1. The van der Waals surface area contributed by atoms with Crippen molar-refractivity contribution in [1.82, 2.24) is 14.7 Å². The lowest BCUT2D eigenvalue weighted by molar-refractivity contribution is 0.0646. The van der Waals surface area contributed by atoms with Crippen LogP contribution in [0.2, 0.25) is 5.02 Å². The predicted molar refractivity (Wildman–Crippen MR) is 151 cm³/mol. The lowest BCUT2D eigenvalue weighted by atomic mass is 9.94. The first-order valence-corrected chi connectivity index (χ1v) is 13.0. The Hall–Kier alpha value is -4.44. The van der Waals surface area contributed by atoms with Crippen LogP contribution in [0.3, 0.4) is 0 Å². The minimum atomic E-state index is -0.801. The highest BCUT2D eigenvalue weighted by molar-refractivity contribution is 6.31. The highest BCUT2D eigenvalue weighted by atomic mass is 35.5. The first kappa shape index (κ1) is 28.1. The van der Waals surface area contributed by atoms with Crippen LogP contribution >= 0.6 is 11.6 Å². The zero-order valence-electron chi connectivity index (χ0n) is 23.0. The van der Waals surface area contributed by atoms with Gasteiger partial charge in [0.15, 0.2) is 5.69 Å². The van der Waals surface area contributed by atoms with Crippen LogP contribution in [-0.2, 0) is 6.61 Å². The summed E-state index contributed by atoms with van der Waals surface area (Å²) in [6.07, 6.45) is 0. The van der Waals surface area contributed by atoms with E-state index in [1.54, 1.807) is 36.2 Å². The van der Waals surface area contributed by atoms with E-state index in [9.17, 15) is 18.4 Å². The maximum absolute atomic E-state index is 14.4. The van der Waals surface area contributed by atoms with Gasteiger partial charge in [-0.2, -0.15) is 5.10 Å². The molecule has 0 fully saturated rings. The number of nitrogens with two attached hydrogens (primary N) is 1. The van der Waals surface area contributed by atoms with E-state index < -0.39 is 23.1 Å². The van der Waals surface area contributed by atoms with E-state index in [1.807, 2.05) is 20.8 Å². The van der Waals surface area contributed by atoms with Crippen LogP contribution in [0, 0.1) is 11.6 Å². The van der Waals surface area contributed by atoms with Gasteiger partial charge < -0.3 is 20.1 Å². The number of carbonyl (C=O) groups is 2. The van der Waals surface area contributed by atoms with Crippen LogP contribution in [0.5, 0.6) is 11.5 Å². The largest absolute Gasteiger partial charge is 0.496 e. The first-order valence-electron chi connectivity index (χ1n) is 12.6. The molecule has 0 atom stereocenters. The zero-order valence-corrected chi connectivity index (χ0v) is 23.8. The normalized spacial score (nSPS) is 12.3. The SMILES string of the molecule is COc1cc2c(cc1-c1cc(Cl)cc(C(N)=O)c1)-c1c(c(C(=O)N(C)C(C)(C)C)nn1-c1cc(F)cc(F)c1)CO2. The number of aromatic nitrogens is 2. The van der Waals surface area contributed by atoms with Crippen molar-refractivity contribution in [3.05, 3.63) is 82.0 Å². The second-order valence-electron chi connectivity index (χ2n) is 10.7. The number of amides is 2. The maximum Gasteiger partial charge on any atom is 0.274 e. The zero-order chi connectivity index (χ0) is 29.8. The lowest BCUT2D eigenvalue weighted by Crippen LogP contribution is -2.43. The molecule has 0 spiro atoms. The van der Waals surface area contributed by atoms with Crippen molar-refractivity contribution in [2.45, 2.75) is 32.9 Å². The molecule has 4 aromatic rings. The van der Waals surface area contributed by atoms with Crippen molar-refractivity contribution in [2.24, 2.45) is 5.73 Å². The summed E-state index contributed by atoms with van der Waals surface area (Å²) in [5, 5.41) is 4.86. The third-order valence-electron chi connectivity index (χ3n) is 7.01. The topological polar surface area (TPSA) is 99.7 Å². The van der Waals surface area contributed by atoms with E-state index in [0.29, 0.717) is 39.4 Å². The van der Waals surface area contributed by atoms with Crippen molar-refractivity contribution in [3.63, 3.8) is 0 Å². The van der Waals surface area contributed by atoms with Gasteiger partial charge in [-0.15, -0.1) is 0 Å². The van der Waals surface area contributed by atoms with Gasteiger partial charge in [0.1, 0.15) is 29.7 Å². The second kappa shape index (κ2) is 10.2. The van der Waals surface area contributed by atoms with Gasteiger partial charge in [-0.05, 0) is 62.7 Å². The van der Waals surface area contributed by atoms with Gasteiger partial charge in [0.2, 0.25) is 5.91 Å². The minimum Gasteiger partial charge on any atom is -0.496 e. The quantitative estimate of drug-likeness (QED) is 0.312.